The molecule has 1 saturated carbocycles. The number of carbonyl (C=O) groups is 1. The Morgan fingerprint density at radius 2 is 1.90 bits per heavy atom. The zero-order chi connectivity index (χ0) is 20.4. The maximum absolute atomic E-state index is 12.5. The molecule has 1 fully saturated rings. The number of halogens is 2. The van der Waals surface area contributed by atoms with E-state index >= 15 is 0 Å². The summed E-state index contributed by atoms with van der Waals surface area (Å²) in [4.78, 5) is 17.3. The van der Waals surface area contributed by atoms with Crippen molar-refractivity contribution in [2.75, 3.05) is 7.11 Å². The van der Waals surface area contributed by atoms with Crippen molar-refractivity contribution in [1.29, 1.82) is 0 Å². The maximum atomic E-state index is 12.5. The molecule has 29 heavy (non-hydrogen) atoms. The van der Waals surface area contributed by atoms with Crippen LogP contribution in [0.2, 0.25) is 5.02 Å². The van der Waals surface area contributed by atoms with Crippen molar-refractivity contribution in [2.45, 2.75) is 31.6 Å². The van der Waals surface area contributed by atoms with Crippen LogP contribution in [0.1, 0.15) is 37.4 Å². The van der Waals surface area contributed by atoms with E-state index in [0.29, 0.717) is 10.9 Å². The zero-order valence-corrected chi connectivity index (χ0v) is 18.4. The summed E-state index contributed by atoms with van der Waals surface area (Å²) in [7, 11) is 1.45. The fraction of sp³-hybridized carbons (Fsp3) is 0.304. The van der Waals surface area contributed by atoms with Gasteiger partial charge in [-0.2, -0.15) is 0 Å². The minimum atomic E-state index is -0.219. The Labute approximate surface area is 183 Å². The van der Waals surface area contributed by atoms with Crippen LogP contribution in [0.4, 0.5) is 0 Å². The fourth-order valence-corrected chi connectivity index (χ4v) is 4.48. The minimum absolute atomic E-state index is 0.0599. The smallest absolute Gasteiger partial charge is 0.309 e. The first-order chi connectivity index (χ1) is 14.1. The predicted octanol–water partition coefficient (Wildman–Crippen LogP) is 6.87. The molecule has 1 heterocycles. The van der Waals surface area contributed by atoms with Crippen LogP contribution >= 0.6 is 27.5 Å². The van der Waals surface area contributed by atoms with E-state index in [1.807, 2.05) is 48.5 Å². The van der Waals surface area contributed by atoms with Gasteiger partial charge in [0.05, 0.1) is 13.0 Å². The van der Waals surface area contributed by atoms with Crippen LogP contribution in [-0.4, -0.2) is 18.1 Å². The molecule has 2 atom stereocenters. The first-order valence-electron chi connectivity index (χ1n) is 9.67. The van der Waals surface area contributed by atoms with Gasteiger partial charge in [-0.25, -0.2) is 4.98 Å². The summed E-state index contributed by atoms with van der Waals surface area (Å²) in [6.45, 7) is 0. The second-order valence-electron chi connectivity index (χ2n) is 7.27. The van der Waals surface area contributed by atoms with Gasteiger partial charge in [0.1, 0.15) is 11.5 Å². The second kappa shape index (κ2) is 8.72. The van der Waals surface area contributed by atoms with E-state index in [1.165, 1.54) is 7.11 Å². The van der Waals surface area contributed by atoms with E-state index in [9.17, 15) is 4.79 Å². The van der Waals surface area contributed by atoms with Gasteiger partial charge in [-0.15, -0.1) is 0 Å². The van der Waals surface area contributed by atoms with Crippen LogP contribution in [0.15, 0.2) is 57.4 Å². The van der Waals surface area contributed by atoms with Crippen LogP contribution in [0, 0.1) is 5.92 Å². The molecule has 1 aliphatic carbocycles. The second-order valence-corrected chi connectivity index (χ2v) is 8.62. The molecular formula is C23H21BrClNO3. The summed E-state index contributed by atoms with van der Waals surface area (Å²) in [5.74, 6) is 0.794. The summed E-state index contributed by atoms with van der Waals surface area (Å²) in [5.41, 5.74) is 2.54. The third-order valence-corrected chi connectivity index (χ3v) is 6.21. The van der Waals surface area contributed by atoms with Crippen molar-refractivity contribution in [3.8, 4) is 22.7 Å². The molecule has 6 heteroatoms. The Morgan fingerprint density at radius 3 is 2.62 bits per heavy atom. The highest BCUT2D eigenvalue weighted by atomic mass is 79.9. The summed E-state index contributed by atoms with van der Waals surface area (Å²) >= 11 is 9.65. The van der Waals surface area contributed by atoms with Gasteiger partial charge in [-0.1, -0.05) is 58.6 Å². The molecular weight excluding hydrogens is 454 g/mol. The highest BCUT2D eigenvalue weighted by Gasteiger charge is 2.37. The molecule has 4 rings (SSSR count). The van der Waals surface area contributed by atoms with Gasteiger partial charge in [0.2, 0.25) is 5.89 Å². The number of methoxy groups -OCH3 is 1. The molecule has 2 aromatic carbocycles. The SMILES string of the molecule is COC(=O)[C@@H]1CCCC[C@H]1c1oc(-c2cccc(Cl)c2)nc1-c1ccc(Br)cc1. The van der Waals surface area contributed by atoms with Gasteiger partial charge in [0, 0.05) is 26.5 Å². The molecule has 0 unspecified atom stereocenters. The lowest BCUT2D eigenvalue weighted by molar-refractivity contribution is -0.147. The molecule has 0 spiro atoms. The largest absolute Gasteiger partial charge is 0.469 e. The number of benzene rings is 2. The fourth-order valence-electron chi connectivity index (χ4n) is 4.02. The Kier molecular flexibility index (Phi) is 6.07. The molecule has 0 N–H and O–H groups in total. The molecule has 0 radical (unpaired) electrons. The van der Waals surface area contributed by atoms with E-state index < -0.39 is 0 Å². The molecule has 1 aliphatic rings. The maximum Gasteiger partial charge on any atom is 0.309 e. The number of carbonyl (C=O) groups excluding carboxylic acids is 1. The third kappa shape index (κ3) is 4.26. The molecule has 3 aromatic rings. The van der Waals surface area contributed by atoms with Crippen molar-refractivity contribution in [2.24, 2.45) is 5.92 Å². The molecule has 4 nitrogen and oxygen atoms in total. The Hall–Kier alpha value is -2.11. The average Bonchev–Trinajstić information content (AvgIpc) is 3.19. The van der Waals surface area contributed by atoms with Crippen LogP contribution in [-0.2, 0) is 9.53 Å². The topological polar surface area (TPSA) is 52.3 Å². The summed E-state index contributed by atoms with van der Waals surface area (Å²) in [6.07, 6.45) is 3.72. The van der Waals surface area contributed by atoms with Crippen LogP contribution < -0.4 is 0 Å². The number of nitrogens with zero attached hydrogens (tertiary/aromatic N) is 1. The van der Waals surface area contributed by atoms with E-state index in [-0.39, 0.29) is 17.8 Å². The molecule has 0 bridgehead atoms. The molecule has 0 saturated heterocycles. The Morgan fingerprint density at radius 1 is 1.14 bits per heavy atom. The number of esters is 1. The number of rotatable bonds is 4. The van der Waals surface area contributed by atoms with Crippen molar-refractivity contribution < 1.29 is 13.9 Å². The zero-order valence-electron chi connectivity index (χ0n) is 16.0. The van der Waals surface area contributed by atoms with Crippen LogP contribution in [0.25, 0.3) is 22.7 Å². The van der Waals surface area contributed by atoms with Gasteiger partial charge in [0.25, 0.3) is 0 Å². The van der Waals surface area contributed by atoms with Gasteiger partial charge in [-0.3, -0.25) is 4.79 Å². The van der Waals surface area contributed by atoms with Gasteiger partial charge in [-0.05, 0) is 43.2 Å². The van der Waals surface area contributed by atoms with Crippen LogP contribution in [0.3, 0.4) is 0 Å². The summed E-state index contributed by atoms with van der Waals surface area (Å²) in [5, 5.41) is 0.623. The average molecular weight is 475 g/mol. The number of hydrogen-bond acceptors (Lipinski definition) is 4. The minimum Gasteiger partial charge on any atom is -0.469 e. The predicted molar refractivity (Wildman–Crippen MR) is 117 cm³/mol. The number of ether oxygens (including phenoxy) is 1. The quantitative estimate of drug-likeness (QED) is 0.387. The van der Waals surface area contributed by atoms with Crippen LogP contribution in [0.5, 0.6) is 0 Å². The lowest BCUT2D eigenvalue weighted by Gasteiger charge is -2.28. The van der Waals surface area contributed by atoms with Crippen molar-refractivity contribution in [1.82, 2.24) is 4.98 Å². The molecule has 1 aromatic heterocycles. The van der Waals surface area contributed by atoms with Gasteiger partial charge in [0.15, 0.2) is 0 Å². The lowest BCUT2D eigenvalue weighted by Crippen LogP contribution is -2.26. The standard InChI is InChI=1S/C23H21BrClNO3/c1-28-23(27)19-8-3-2-7-18(19)21-20(14-9-11-16(24)12-10-14)26-22(29-21)15-5-4-6-17(25)13-15/h4-6,9-13,18-19H,2-3,7-8H2,1H3/t18-,19-/m1/s1. The Balaban J connectivity index is 1.84. The third-order valence-electron chi connectivity index (χ3n) is 5.45. The van der Waals surface area contributed by atoms with Crippen molar-refractivity contribution >= 4 is 33.5 Å². The van der Waals surface area contributed by atoms with Crippen molar-refractivity contribution in [3.05, 3.63) is 63.8 Å². The van der Waals surface area contributed by atoms with E-state index in [2.05, 4.69) is 15.9 Å². The number of hydrogen-bond donors (Lipinski definition) is 0. The normalized spacial score (nSPS) is 19.1. The Bertz CT molecular complexity index is 1020. The summed E-state index contributed by atoms with van der Waals surface area (Å²) < 4.78 is 12.4. The van der Waals surface area contributed by atoms with Gasteiger partial charge < -0.3 is 9.15 Å². The number of oxazole rings is 1. The highest BCUT2D eigenvalue weighted by Crippen LogP contribution is 2.44. The summed E-state index contributed by atoms with van der Waals surface area (Å²) in [6, 6.07) is 15.4. The monoisotopic (exact) mass is 473 g/mol. The number of aromatic nitrogens is 1. The van der Waals surface area contributed by atoms with E-state index in [4.69, 9.17) is 25.7 Å². The first-order valence-corrected chi connectivity index (χ1v) is 10.8. The van der Waals surface area contributed by atoms with E-state index in [1.54, 1.807) is 0 Å². The molecule has 0 aliphatic heterocycles. The van der Waals surface area contributed by atoms with E-state index in [0.717, 1.165) is 52.7 Å². The lowest BCUT2D eigenvalue weighted by atomic mass is 9.77. The van der Waals surface area contributed by atoms with Crippen molar-refractivity contribution in [3.63, 3.8) is 0 Å². The molecule has 150 valence electrons. The van der Waals surface area contributed by atoms with Gasteiger partial charge >= 0.3 is 5.97 Å². The first kappa shape index (κ1) is 20.2. The highest BCUT2D eigenvalue weighted by molar-refractivity contribution is 9.10. The molecule has 0 amide bonds.